The number of rotatable bonds is 3. The van der Waals surface area contributed by atoms with Crippen molar-refractivity contribution < 1.29 is 5.11 Å². The van der Waals surface area contributed by atoms with Crippen molar-refractivity contribution in [1.82, 2.24) is 25.5 Å². The smallest absolute Gasteiger partial charge is 0.204 e. The Bertz CT molecular complexity index is 248. The van der Waals surface area contributed by atoms with E-state index in [1.54, 1.807) is 14.1 Å². The number of aryl methyl sites for hydroxylation is 1. The zero-order chi connectivity index (χ0) is 9.14. The minimum absolute atomic E-state index is 0.0748. The number of nitrogens with zero attached hydrogens (tertiary/aromatic N) is 4. The van der Waals surface area contributed by atoms with E-state index in [0.29, 0.717) is 5.82 Å². The van der Waals surface area contributed by atoms with Gasteiger partial charge in [0, 0.05) is 6.04 Å². The zero-order valence-electron chi connectivity index (χ0n) is 7.39. The van der Waals surface area contributed by atoms with E-state index in [1.165, 1.54) is 4.80 Å². The van der Waals surface area contributed by atoms with E-state index in [0.717, 1.165) is 0 Å². The largest absolute Gasteiger partial charge is 0.383 e. The minimum atomic E-state index is -0.705. The van der Waals surface area contributed by atoms with E-state index < -0.39 is 6.10 Å². The van der Waals surface area contributed by atoms with Gasteiger partial charge in [-0.1, -0.05) is 0 Å². The van der Waals surface area contributed by atoms with Crippen molar-refractivity contribution >= 4 is 0 Å². The molecule has 1 aromatic heterocycles. The second-order valence-electron chi connectivity index (χ2n) is 2.66. The molecular formula is C6H13N5O. The van der Waals surface area contributed by atoms with Gasteiger partial charge in [-0.2, -0.15) is 4.80 Å². The molecule has 1 aromatic rings. The van der Waals surface area contributed by atoms with Crippen LogP contribution in [0.1, 0.15) is 18.9 Å². The molecule has 0 aliphatic rings. The molecule has 0 saturated carbocycles. The standard InChI is InChI=1S/C6H13N5O/c1-4(7-2)5(12)6-8-10-11(3)9-6/h4-5,7,12H,1-3H3. The highest BCUT2D eigenvalue weighted by Gasteiger charge is 2.18. The zero-order valence-corrected chi connectivity index (χ0v) is 7.39. The summed E-state index contributed by atoms with van der Waals surface area (Å²) in [5.41, 5.74) is 0. The molecule has 0 aromatic carbocycles. The Kier molecular flexibility index (Phi) is 2.72. The lowest BCUT2D eigenvalue weighted by Crippen LogP contribution is -2.29. The molecule has 0 aliphatic carbocycles. The number of aliphatic hydroxyl groups excluding tert-OH is 1. The van der Waals surface area contributed by atoms with Crippen LogP contribution in [0.15, 0.2) is 0 Å². The molecule has 0 fully saturated rings. The average Bonchev–Trinajstić information content (AvgIpc) is 2.49. The topological polar surface area (TPSA) is 75.9 Å². The maximum Gasteiger partial charge on any atom is 0.204 e. The van der Waals surface area contributed by atoms with Crippen LogP contribution in [0, 0.1) is 0 Å². The number of hydrogen-bond acceptors (Lipinski definition) is 5. The molecule has 0 saturated heterocycles. The number of tetrazole rings is 1. The van der Waals surface area contributed by atoms with Crippen LogP contribution >= 0.6 is 0 Å². The third-order valence-corrected chi connectivity index (χ3v) is 1.72. The fourth-order valence-corrected chi connectivity index (χ4v) is 0.799. The van der Waals surface area contributed by atoms with Gasteiger partial charge < -0.3 is 10.4 Å². The van der Waals surface area contributed by atoms with Crippen LogP contribution in [0.3, 0.4) is 0 Å². The molecule has 68 valence electrons. The molecule has 2 unspecified atom stereocenters. The first kappa shape index (κ1) is 9.08. The van der Waals surface area contributed by atoms with Gasteiger partial charge in [-0.25, -0.2) is 0 Å². The second-order valence-corrected chi connectivity index (χ2v) is 2.66. The SMILES string of the molecule is CNC(C)C(O)c1nnn(C)n1. The normalized spacial score (nSPS) is 16.0. The van der Waals surface area contributed by atoms with Crippen LogP contribution in [0.25, 0.3) is 0 Å². The predicted molar refractivity (Wildman–Crippen MR) is 42.3 cm³/mol. The monoisotopic (exact) mass is 171 g/mol. The fraction of sp³-hybridized carbons (Fsp3) is 0.833. The van der Waals surface area contributed by atoms with Crippen molar-refractivity contribution in [3.05, 3.63) is 5.82 Å². The lowest BCUT2D eigenvalue weighted by atomic mass is 10.2. The highest BCUT2D eigenvalue weighted by Crippen LogP contribution is 2.09. The molecule has 2 N–H and O–H groups in total. The van der Waals surface area contributed by atoms with Gasteiger partial charge >= 0.3 is 0 Å². The Labute approximate surface area is 70.6 Å². The first-order chi connectivity index (χ1) is 5.65. The summed E-state index contributed by atoms with van der Waals surface area (Å²) in [6.07, 6.45) is -0.705. The molecule has 2 atom stereocenters. The van der Waals surface area contributed by atoms with E-state index in [4.69, 9.17) is 0 Å². The maximum atomic E-state index is 9.56. The van der Waals surface area contributed by atoms with Gasteiger partial charge in [0.1, 0.15) is 6.10 Å². The Morgan fingerprint density at radius 1 is 1.58 bits per heavy atom. The van der Waals surface area contributed by atoms with E-state index in [-0.39, 0.29) is 6.04 Å². The summed E-state index contributed by atoms with van der Waals surface area (Å²) in [4.78, 5) is 1.32. The summed E-state index contributed by atoms with van der Waals surface area (Å²) in [7, 11) is 3.43. The van der Waals surface area contributed by atoms with Crippen LogP contribution < -0.4 is 5.32 Å². The average molecular weight is 171 g/mol. The Balaban J connectivity index is 2.70. The summed E-state index contributed by atoms with van der Waals surface area (Å²) in [6, 6.07) is -0.0748. The maximum absolute atomic E-state index is 9.56. The van der Waals surface area contributed by atoms with Gasteiger partial charge in [0.15, 0.2) is 0 Å². The van der Waals surface area contributed by atoms with Crippen LogP contribution in [0.5, 0.6) is 0 Å². The molecule has 6 nitrogen and oxygen atoms in total. The number of aromatic nitrogens is 4. The molecule has 6 heteroatoms. The quantitative estimate of drug-likeness (QED) is 0.600. The lowest BCUT2D eigenvalue weighted by Gasteiger charge is -2.13. The number of aliphatic hydroxyl groups is 1. The highest BCUT2D eigenvalue weighted by molar-refractivity contribution is 4.89. The molecule has 0 aliphatic heterocycles. The van der Waals surface area contributed by atoms with E-state index in [2.05, 4.69) is 20.7 Å². The van der Waals surface area contributed by atoms with Gasteiger partial charge in [0.2, 0.25) is 5.82 Å². The molecule has 12 heavy (non-hydrogen) atoms. The van der Waals surface area contributed by atoms with Crippen molar-refractivity contribution in [1.29, 1.82) is 0 Å². The second kappa shape index (κ2) is 3.59. The molecule has 0 amide bonds. The molecule has 1 rings (SSSR count). The first-order valence-corrected chi connectivity index (χ1v) is 3.74. The summed E-state index contributed by atoms with van der Waals surface area (Å²) >= 11 is 0. The van der Waals surface area contributed by atoms with Crippen molar-refractivity contribution in [3.8, 4) is 0 Å². The first-order valence-electron chi connectivity index (χ1n) is 3.74. The van der Waals surface area contributed by atoms with Crippen molar-refractivity contribution in [3.63, 3.8) is 0 Å². The van der Waals surface area contributed by atoms with Crippen LogP contribution in [-0.2, 0) is 7.05 Å². The van der Waals surface area contributed by atoms with E-state index >= 15 is 0 Å². The van der Waals surface area contributed by atoms with Crippen LogP contribution in [0.4, 0.5) is 0 Å². The minimum Gasteiger partial charge on any atom is -0.383 e. The van der Waals surface area contributed by atoms with E-state index in [1.807, 2.05) is 6.92 Å². The fourth-order valence-electron chi connectivity index (χ4n) is 0.799. The Morgan fingerprint density at radius 2 is 2.25 bits per heavy atom. The third kappa shape index (κ3) is 1.77. The van der Waals surface area contributed by atoms with Crippen molar-refractivity contribution in [2.75, 3.05) is 7.05 Å². The highest BCUT2D eigenvalue weighted by atomic mass is 16.3. The number of likely N-dealkylation sites (N-methyl/N-ethyl adjacent to an activating group) is 1. The van der Waals surface area contributed by atoms with E-state index in [9.17, 15) is 5.11 Å². The van der Waals surface area contributed by atoms with Crippen molar-refractivity contribution in [2.24, 2.45) is 7.05 Å². The molecule has 0 radical (unpaired) electrons. The Hall–Kier alpha value is -1.01. The third-order valence-electron chi connectivity index (χ3n) is 1.72. The van der Waals surface area contributed by atoms with Gasteiger partial charge in [0.25, 0.3) is 0 Å². The Morgan fingerprint density at radius 3 is 2.67 bits per heavy atom. The van der Waals surface area contributed by atoms with Gasteiger partial charge in [0.05, 0.1) is 7.05 Å². The molecule has 0 spiro atoms. The van der Waals surface area contributed by atoms with Gasteiger partial charge in [-0.05, 0) is 19.2 Å². The molecule has 1 heterocycles. The number of hydrogen-bond donors (Lipinski definition) is 2. The predicted octanol–water partition coefficient (Wildman–Crippen LogP) is -1.15. The summed E-state index contributed by atoms with van der Waals surface area (Å²) in [5, 5.41) is 23.7. The summed E-state index contributed by atoms with van der Waals surface area (Å²) in [6.45, 7) is 1.85. The summed E-state index contributed by atoms with van der Waals surface area (Å²) < 4.78 is 0. The van der Waals surface area contributed by atoms with Crippen LogP contribution in [-0.4, -0.2) is 38.4 Å². The lowest BCUT2D eigenvalue weighted by molar-refractivity contribution is 0.130. The van der Waals surface area contributed by atoms with Crippen LogP contribution in [0.2, 0.25) is 0 Å². The van der Waals surface area contributed by atoms with Crippen molar-refractivity contribution in [2.45, 2.75) is 19.1 Å². The molecular weight excluding hydrogens is 158 g/mol. The molecule has 0 bridgehead atoms. The van der Waals surface area contributed by atoms with Gasteiger partial charge in [-0.3, -0.25) is 0 Å². The summed E-state index contributed by atoms with van der Waals surface area (Å²) in [5.74, 6) is 0.347. The van der Waals surface area contributed by atoms with Gasteiger partial charge in [-0.15, -0.1) is 10.2 Å². The number of nitrogens with one attached hydrogen (secondary N) is 1.